The molecule has 6 heteroatoms. The third-order valence-corrected chi connectivity index (χ3v) is 2.21. The zero-order valence-corrected chi connectivity index (χ0v) is 6.67. The van der Waals surface area contributed by atoms with Crippen LogP contribution >= 0.6 is 0 Å². The summed E-state index contributed by atoms with van der Waals surface area (Å²) in [5, 5.41) is 11.9. The Morgan fingerprint density at radius 2 is 2.18 bits per heavy atom. The van der Waals surface area contributed by atoms with E-state index in [1.807, 2.05) is 0 Å². The molecule has 1 rings (SSSR count). The van der Waals surface area contributed by atoms with Crippen LogP contribution in [0.15, 0.2) is 17.2 Å². The van der Waals surface area contributed by atoms with E-state index in [0.29, 0.717) is 5.69 Å². The maximum absolute atomic E-state index is 10.8. The Hall–Kier alpha value is -1.01. The van der Waals surface area contributed by atoms with Gasteiger partial charge in [0.1, 0.15) is 4.90 Å². The second kappa shape index (κ2) is 2.55. The molecule has 0 aliphatic heterocycles. The molecular formula is C5H7N3O2S. The molecular weight excluding hydrogens is 166 g/mol. The molecule has 0 aliphatic carbocycles. The monoisotopic (exact) mass is 173 g/mol. The maximum Gasteiger partial charge on any atom is 0.239 e. The summed E-state index contributed by atoms with van der Waals surface area (Å²) in [6.45, 7) is 1.53. The van der Waals surface area contributed by atoms with Crippen molar-refractivity contribution in [3.63, 3.8) is 0 Å². The smallest absolute Gasteiger partial charge is 0.225 e. The van der Waals surface area contributed by atoms with E-state index >= 15 is 0 Å². The Kier molecular flexibility index (Phi) is 1.88. The van der Waals surface area contributed by atoms with Crippen molar-refractivity contribution < 1.29 is 8.42 Å². The second-order valence-corrected chi connectivity index (χ2v) is 3.56. The van der Waals surface area contributed by atoms with Gasteiger partial charge in [0.15, 0.2) is 0 Å². The van der Waals surface area contributed by atoms with Gasteiger partial charge < -0.3 is 0 Å². The van der Waals surface area contributed by atoms with Gasteiger partial charge in [-0.2, -0.15) is 10.2 Å². The molecule has 5 nitrogen and oxygen atoms in total. The number of rotatable bonds is 1. The number of nitrogens with two attached hydrogens (primary N) is 1. The molecule has 0 saturated heterocycles. The normalized spacial score (nSPS) is 11.5. The van der Waals surface area contributed by atoms with Crippen molar-refractivity contribution in [2.45, 2.75) is 11.8 Å². The zero-order valence-electron chi connectivity index (χ0n) is 5.85. The van der Waals surface area contributed by atoms with E-state index in [0.717, 1.165) is 0 Å². The molecule has 0 spiro atoms. The first-order valence-corrected chi connectivity index (χ1v) is 4.37. The van der Waals surface area contributed by atoms with E-state index in [9.17, 15) is 8.42 Å². The van der Waals surface area contributed by atoms with Crippen molar-refractivity contribution in [3.8, 4) is 0 Å². The molecule has 0 fully saturated rings. The Morgan fingerprint density at radius 3 is 2.55 bits per heavy atom. The summed E-state index contributed by atoms with van der Waals surface area (Å²) in [4.78, 5) is 0.0208. The lowest BCUT2D eigenvalue weighted by Gasteiger charge is -1.98. The first kappa shape index (κ1) is 8.09. The number of aryl methyl sites for hydroxylation is 1. The van der Waals surface area contributed by atoms with Crippen molar-refractivity contribution in [1.82, 2.24) is 10.2 Å². The zero-order chi connectivity index (χ0) is 8.48. The van der Waals surface area contributed by atoms with E-state index in [1.54, 1.807) is 0 Å². The summed E-state index contributed by atoms with van der Waals surface area (Å²) in [6.07, 6.45) is 1.28. The highest BCUT2D eigenvalue weighted by atomic mass is 32.2. The summed E-state index contributed by atoms with van der Waals surface area (Å²) in [5.41, 5.74) is 0.315. The quantitative estimate of drug-likeness (QED) is 0.616. The topological polar surface area (TPSA) is 85.9 Å². The van der Waals surface area contributed by atoms with Gasteiger partial charge in [0, 0.05) is 0 Å². The van der Waals surface area contributed by atoms with Crippen LogP contribution < -0.4 is 5.14 Å². The number of hydrogen-bond acceptors (Lipinski definition) is 4. The van der Waals surface area contributed by atoms with E-state index in [2.05, 4.69) is 10.2 Å². The lowest BCUT2D eigenvalue weighted by atomic mass is 10.4. The number of nitrogens with zero attached hydrogens (tertiary/aromatic N) is 2. The highest BCUT2D eigenvalue weighted by molar-refractivity contribution is 7.89. The average Bonchev–Trinajstić information content (AvgIpc) is 1.86. The molecule has 1 aromatic rings. The largest absolute Gasteiger partial charge is 0.239 e. The standard InChI is InChI=1S/C5H7N3O2S/c1-4-5(11(6,9)10)2-3-7-8-4/h2-3H,1H3,(H2,6,9,10). The van der Waals surface area contributed by atoms with E-state index < -0.39 is 10.0 Å². The van der Waals surface area contributed by atoms with Gasteiger partial charge in [-0.1, -0.05) is 0 Å². The first-order valence-electron chi connectivity index (χ1n) is 2.83. The summed E-state index contributed by atoms with van der Waals surface area (Å²) in [6, 6.07) is 1.32. The summed E-state index contributed by atoms with van der Waals surface area (Å²) in [5.74, 6) is 0. The van der Waals surface area contributed by atoms with Crippen LogP contribution in [0, 0.1) is 6.92 Å². The van der Waals surface area contributed by atoms with Crippen LogP contribution in [0.3, 0.4) is 0 Å². The van der Waals surface area contributed by atoms with Gasteiger partial charge in [-0.25, -0.2) is 13.6 Å². The fourth-order valence-electron chi connectivity index (χ4n) is 0.692. The lowest BCUT2D eigenvalue weighted by molar-refractivity contribution is 0.596. The number of aromatic nitrogens is 2. The molecule has 2 N–H and O–H groups in total. The van der Waals surface area contributed by atoms with Gasteiger partial charge in [-0.3, -0.25) is 0 Å². The van der Waals surface area contributed by atoms with Crippen LogP contribution in [0.4, 0.5) is 0 Å². The van der Waals surface area contributed by atoms with Crippen molar-refractivity contribution in [2.75, 3.05) is 0 Å². The van der Waals surface area contributed by atoms with E-state index in [-0.39, 0.29) is 4.90 Å². The van der Waals surface area contributed by atoms with Crippen molar-refractivity contribution >= 4 is 10.0 Å². The van der Waals surface area contributed by atoms with E-state index in [4.69, 9.17) is 5.14 Å². The fraction of sp³-hybridized carbons (Fsp3) is 0.200. The molecule has 0 radical (unpaired) electrons. The summed E-state index contributed by atoms with van der Waals surface area (Å²) in [7, 11) is -3.64. The minimum atomic E-state index is -3.64. The molecule has 0 amide bonds. The van der Waals surface area contributed by atoms with Crippen LogP contribution in [0.1, 0.15) is 5.69 Å². The number of primary sulfonamides is 1. The number of hydrogen-bond donors (Lipinski definition) is 1. The molecule has 60 valence electrons. The highest BCUT2D eigenvalue weighted by Crippen LogP contribution is 2.06. The SMILES string of the molecule is Cc1nnccc1S(N)(=O)=O. The summed E-state index contributed by atoms with van der Waals surface area (Å²) >= 11 is 0. The van der Waals surface area contributed by atoms with Gasteiger partial charge in [-0.05, 0) is 13.0 Å². The Bertz CT molecular complexity index is 360. The van der Waals surface area contributed by atoms with E-state index in [1.165, 1.54) is 19.2 Å². The molecule has 0 aliphatic rings. The molecule has 1 aromatic heterocycles. The van der Waals surface area contributed by atoms with Crippen LogP contribution in [0.2, 0.25) is 0 Å². The Morgan fingerprint density at radius 1 is 1.55 bits per heavy atom. The molecule has 0 atom stereocenters. The average molecular weight is 173 g/mol. The van der Waals surface area contributed by atoms with Crippen LogP contribution in [0.5, 0.6) is 0 Å². The molecule has 1 heterocycles. The van der Waals surface area contributed by atoms with Gasteiger partial charge in [-0.15, -0.1) is 0 Å². The van der Waals surface area contributed by atoms with Crippen molar-refractivity contribution in [3.05, 3.63) is 18.0 Å². The minimum absolute atomic E-state index is 0.0208. The Balaban J connectivity index is 3.37. The molecule has 0 bridgehead atoms. The van der Waals surface area contributed by atoms with Crippen molar-refractivity contribution in [2.24, 2.45) is 5.14 Å². The van der Waals surface area contributed by atoms with Crippen LogP contribution in [0.25, 0.3) is 0 Å². The highest BCUT2D eigenvalue weighted by Gasteiger charge is 2.10. The molecule has 0 unspecified atom stereocenters. The maximum atomic E-state index is 10.8. The van der Waals surface area contributed by atoms with Gasteiger partial charge in [0.2, 0.25) is 10.0 Å². The Labute approximate surface area is 64.3 Å². The molecule has 11 heavy (non-hydrogen) atoms. The first-order chi connectivity index (χ1) is 5.02. The van der Waals surface area contributed by atoms with Crippen LogP contribution in [-0.4, -0.2) is 18.6 Å². The van der Waals surface area contributed by atoms with Gasteiger partial charge in [0.05, 0.1) is 11.9 Å². The molecule has 0 saturated carbocycles. The van der Waals surface area contributed by atoms with Gasteiger partial charge in [0.25, 0.3) is 0 Å². The predicted octanol–water partition coefficient (Wildman–Crippen LogP) is -0.568. The van der Waals surface area contributed by atoms with Crippen LogP contribution in [-0.2, 0) is 10.0 Å². The second-order valence-electron chi connectivity index (χ2n) is 2.03. The lowest BCUT2D eigenvalue weighted by Crippen LogP contribution is -2.14. The minimum Gasteiger partial charge on any atom is -0.225 e. The fourth-order valence-corrected chi connectivity index (χ4v) is 1.39. The van der Waals surface area contributed by atoms with Gasteiger partial charge >= 0.3 is 0 Å². The molecule has 0 aromatic carbocycles. The third-order valence-electron chi connectivity index (χ3n) is 1.16. The number of sulfonamides is 1. The predicted molar refractivity (Wildman–Crippen MR) is 38.1 cm³/mol. The summed E-state index contributed by atoms with van der Waals surface area (Å²) < 4.78 is 21.5. The van der Waals surface area contributed by atoms with Crippen molar-refractivity contribution in [1.29, 1.82) is 0 Å². The third kappa shape index (κ3) is 1.72.